The maximum Gasteiger partial charge on any atom is 0.267 e. The van der Waals surface area contributed by atoms with Crippen molar-refractivity contribution in [3.05, 3.63) is 21.2 Å². The van der Waals surface area contributed by atoms with Gasteiger partial charge in [0.1, 0.15) is 10.3 Å². The predicted octanol–water partition coefficient (Wildman–Crippen LogP) is 0.105. The number of carbonyl (C=O) groups is 1. The van der Waals surface area contributed by atoms with Crippen molar-refractivity contribution in [2.75, 3.05) is 25.5 Å². The molecule has 2 N–H and O–H groups in total. The van der Waals surface area contributed by atoms with Gasteiger partial charge in [0.25, 0.3) is 5.56 Å². The average Bonchev–Trinajstić information content (AvgIpc) is 2.29. The minimum Gasteiger partial charge on any atom is -0.359 e. The van der Waals surface area contributed by atoms with E-state index in [0.717, 1.165) is 0 Å². The largest absolute Gasteiger partial charge is 0.359 e. The molecule has 0 saturated carbocycles. The third-order valence-corrected chi connectivity index (χ3v) is 2.81. The van der Waals surface area contributed by atoms with E-state index >= 15 is 0 Å². The molecular weight excluding hydrogens is 276 g/mol. The van der Waals surface area contributed by atoms with Crippen molar-refractivity contribution in [1.82, 2.24) is 15.3 Å². The lowest BCUT2D eigenvalue weighted by atomic mass is 10.3. The molecule has 1 amide bonds. The third-order valence-electron chi connectivity index (χ3n) is 2.09. The molecule has 6 nitrogen and oxygen atoms in total. The van der Waals surface area contributed by atoms with E-state index in [9.17, 15) is 9.59 Å². The minimum atomic E-state index is -0.239. The van der Waals surface area contributed by atoms with Gasteiger partial charge < -0.3 is 15.2 Å². The first kappa shape index (κ1) is 12.7. The topological polar surface area (TPSA) is 78.1 Å². The fourth-order valence-electron chi connectivity index (χ4n) is 1.14. The van der Waals surface area contributed by atoms with Crippen molar-refractivity contribution in [2.45, 2.75) is 6.42 Å². The molecule has 88 valence electrons. The van der Waals surface area contributed by atoms with E-state index in [1.54, 1.807) is 19.0 Å². The average molecular weight is 289 g/mol. The molecule has 0 unspecified atom stereocenters. The van der Waals surface area contributed by atoms with Gasteiger partial charge in [-0.1, -0.05) is 0 Å². The number of halogens is 1. The van der Waals surface area contributed by atoms with E-state index in [0.29, 0.717) is 23.3 Å². The summed E-state index contributed by atoms with van der Waals surface area (Å²) in [5.41, 5.74) is -0.239. The molecule has 0 aromatic carbocycles. The molecule has 0 aliphatic rings. The first-order valence-corrected chi connectivity index (χ1v) is 5.50. The van der Waals surface area contributed by atoms with E-state index in [1.165, 1.54) is 6.33 Å². The van der Waals surface area contributed by atoms with E-state index in [2.05, 4.69) is 31.2 Å². The van der Waals surface area contributed by atoms with Crippen LogP contribution in [0.2, 0.25) is 0 Å². The van der Waals surface area contributed by atoms with Gasteiger partial charge in [0.2, 0.25) is 5.91 Å². The number of nitrogens with one attached hydrogen (secondary N) is 2. The van der Waals surface area contributed by atoms with Crippen molar-refractivity contribution < 1.29 is 4.79 Å². The number of hydrogen-bond acceptors (Lipinski definition) is 4. The van der Waals surface area contributed by atoms with Crippen LogP contribution in [0.3, 0.4) is 0 Å². The van der Waals surface area contributed by atoms with Gasteiger partial charge in [-0.05, 0) is 15.9 Å². The fraction of sp³-hybridized carbons (Fsp3) is 0.444. The summed E-state index contributed by atoms with van der Waals surface area (Å²) >= 11 is 3.16. The summed E-state index contributed by atoms with van der Waals surface area (Å²) < 4.78 is 0.370. The summed E-state index contributed by atoms with van der Waals surface area (Å²) in [7, 11) is 3.36. The Hall–Kier alpha value is -1.37. The molecule has 1 aromatic rings. The van der Waals surface area contributed by atoms with E-state index in [4.69, 9.17) is 0 Å². The smallest absolute Gasteiger partial charge is 0.267 e. The number of nitrogens with zero attached hydrogens (tertiary/aromatic N) is 2. The molecule has 0 radical (unpaired) electrons. The van der Waals surface area contributed by atoms with Gasteiger partial charge in [0.05, 0.1) is 6.33 Å². The van der Waals surface area contributed by atoms with Crippen LogP contribution in [0.15, 0.2) is 15.6 Å². The van der Waals surface area contributed by atoms with Crippen LogP contribution >= 0.6 is 15.9 Å². The van der Waals surface area contributed by atoms with Crippen LogP contribution in [0, 0.1) is 0 Å². The Morgan fingerprint density at radius 2 is 2.38 bits per heavy atom. The van der Waals surface area contributed by atoms with Gasteiger partial charge in [0.15, 0.2) is 0 Å². The zero-order valence-corrected chi connectivity index (χ0v) is 10.7. The van der Waals surface area contributed by atoms with Crippen molar-refractivity contribution in [1.29, 1.82) is 0 Å². The summed E-state index contributed by atoms with van der Waals surface area (Å²) in [6.45, 7) is 0.495. The molecule has 0 bridgehead atoms. The predicted molar refractivity (Wildman–Crippen MR) is 64.5 cm³/mol. The molecule has 0 saturated heterocycles. The quantitative estimate of drug-likeness (QED) is 0.824. The SMILES string of the molecule is CNC(=O)CCN(C)c1nc[nH]c(=O)c1Br. The molecule has 1 aromatic heterocycles. The van der Waals surface area contributed by atoms with Gasteiger partial charge in [0, 0.05) is 27.1 Å². The molecular formula is C9H13BrN4O2. The third kappa shape index (κ3) is 3.06. The zero-order chi connectivity index (χ0) is 12.1. The van der Waals surface area contributed by atoms with Crippen LogP contribution in [0.25, 0.3) is 0 Å². The summed E-state index contributed by atoms with van der Waals surface area (Å²) in [4.78, 5) is 30.6. The highest BCUT2D eigenvalue weighted by Crippen LogP contribution is 2.17. The molecule has 0 fully saturated rings. The number of aromatic nitrogens is 2. The highest BCUT2D eigenvalue weighted by molar-refractivity contribution is 9.10. The Balaban J connectivity index is 2.73. The monoisotopic (exact) mass is 288 g/mol. The summed E-state index contributed by atoms with van der Waals surface area (Å²) in [5, 5.41) is 2.53. The first-order chi connectivity index (χ1) is 7.56. The number of aromatic amines is 1. The molecule has 1 heterocycles. The second-order valence-corrected chi connectivity index (χ2v) is 4.01. The fourth-order valence-corrected chi connectivity index (χ4v) is 1.66. The summed E-state index contributed by atoms with van der Waals surface area (Å²) in [6.07, 6.45) is 1.69. The Kier molecular flexibility index (Phi) is 4.48. The van der Waals surface area contributed by atoms with Gasteiger partial charge in [-0.15, -0.1) is 0 Å². The maximum absolute atomic E-state index is 11.3. The van der Waals surface area contributed by atoms with Crippen LogP contribution < -0.4 is 15.8 Å². The van der Waals surface area contributed by atoms with Crippen LogP contribution in [0.1, 0.15) is 6.42 Å². The van der Waals surface area contributed by atoms with E-state index in [1.807, 2.05) is 0 Å². The maximum atomic E-state index is 11.3. The second kappa shape index (κ2) is 5.64. The van der Waals surface area contributed by atoms with Gasteiger partial charge in [-0.3, -0.25) is 9.59 Å². The molecule has 16 heavy (non-hydrogen) atoms. The molecule has 0 aliphatic heterocycles. The minimum absolute atomic E-state index is 0.0483. The van der Waals surface area contributed by atoms with Crippen LogP contribution in [-0.2, 0) is 4.79 Å². The Morgan fingerprint density at radius 1 is 1.69 bits per heavy atom. The number of amides is 1. The first-order valence-electron chi connectivity index (χ1n) is 4.71. The number of carbonyl (C=O) groups excluding carboxylic acids is 1. The number of hydrogen-bond donors (Lipinski definition) is 2. The Labute approximate surface area is 101 Å². The van der Waals surface area contributed by atoms with Gasteiger partial charge in [-0.25, -0.2) is 4.98 Å². The van der Waals surface area contributed by atoms with Gasteiger partial charge in [-0.2, -0.15) is 0 Å². The molecule has 1 rings (SSSR count). The van der Waals surface area contributed by atoms with Crippen LogP contribution in [0.4, 0.5) is 5.82 Å². The summed E-state index contributed by atoms with van der Waals surface area (Å²) in [5.74, 6) is 0.473. The Bertz CT molecular complexity index is 432. The van der Waals surface area contributed by atoms with Crippen LogP contribution in [-0.4, -0.2) is 36.5 Å². The standard InChI is InChI=1S/C9H13BrN4O2/c1-11-6(15)3-4-14(2)8-7(10)9(16)13-5-12-8/h5H,3-4H2,1-2H3,(H,11,15)(H,12,13,16). The van der Waals surface area contributed by atoms with Crippen LogP contribution in [0.5, 0.6) is 0 Å². The highest BCUT2D eigenvalue weighted by atomic mass is 79.9. The van der Waals surface area contributed by atoms with E-state index < -0.39 is 0 Å². The number of H-pyrrole nitrogens is 1. The Morgan fingerprint density at radius 3 is 3.00 bits per heavy atom. The van der Waals surface area contributed by atoms with E-state index in [-0.39, 0.29) is 11.5 Å². The lowest BCUT2D eigenvalue weighted by molar-refractivity contribution is -0.120. The molecule has 0 spiro atoms. The van der Waals surface area contributed by atoms with Crippen molar-refractivity contribution >= 4 is 27.7 Å². The lowest BCUT2D eigenvalue weighted by Gasteiger charge is -2.18. The van der Waals surface area contributed by atoms with Crippen molar-refractivity contribution in [3.63, 3.8) is 0 Å². The van der Waals surface area contributed by atoms with Crippen molar-refractivity contribution in [3.8, 4) is 0 Å². The molecule has 0 atom stereocenters. The number of anilines is 1. The molecule has 7 heteroatoms. The van der Waals surface area contributed by atoms with Gasteiger partial charge >= 0.3 is 0 Å². The molecule has 0 aliphatic carbocycles. The normalized spacial score (nSPS) is 9.94. The highest BCUT2D eigenvalue weighted by Gasteiger charge is 2.11. The zero-order valence-electron chi connectivity index (χ0n) is 9.08. The second-order valence-electron chi connectivity index (χ2n) is 3.21. The number of rotatable bonds is 4. The lowest BCUT2D eigenvalue weighted by Crippen LogP contribution is -2.28. The van der Waals surface area contributed by atoms with Crippen molar-refractivity contribution in [2.24, 2.45) is 0 Å². The summed E-state index contributed by atoms with van der Waals surface area (Å²) in [6, 6.07) is 0.